The Hall–Kier alpha value is -1.59. The summed E-state index contributed by atoms with van der Waals surface area (Å²) in [5.41, 5.74) is -1.31. The normalized spacial score (nSPS) is 30.7. The molecule has 5 rings (SSSR count). The largest absolute Gasteiger partial charge is 0.382 e. The van der Waals surface area contributed by atoms with Gasteiger partial charge in [-0.2, -0.15) is 0 Å². The Bertz CT molecular complexity index is 1110. The maximum atomic E-state index is 13.5. The van der Waals surface area contributed by atoms with Crippen molar-refractivity contribution in [2.45, 2.75) is 53.5 Å². The minimum Gasteiger partial charge on any atom is -0.382 e. The van der Waals surface area contributed by atoms with E-state index in [0.717, 1.165) is 43.6 Å². The first kappa shape index (κ1) is 25.1. The van der Waals surface area contributed by atoms with Crippen molar-refractivity contribution in [1.29, 1.82) is 0 Å². The number of aliphatic imine (C=N–C) groups is 1. The number of nitrogens with zero attached hydrogens (tertiary/aromatic N) is 3. The fraction of sp³-hybridized carbons (Fsp3) is 0.600. The lowest BCUT2D eigenvalue weighted by molar-refractivity contribution is -0.170. The number of halogens is 1. The van der Waals surface area contributed by atoms with Crippen LogP contribution < -0.4 is 0 Å². The molecule has 0 aromatic heterocycles. The Morgan fingerprint density at radius 1 is 1.20 bits per heavy atom. The number of likely N-dealkylation sites (tertiary alicyclic amines) is 1. The standard InChI is InChI=1S/C25H32BrN3O5S/c1-33-17-25-15-21(35(31,32)20-4-2-19(26)3-5-20)14-23(30)22(25)16-24(34-25)6-10-28(11-7-24)18-29-12-8-27-9-13-29/h2-5,8-9,12,21-22H,6-7,10-11,13-18H2,1H3. The topological polar surface area (TPSA) is 88.5 Å². The van der Waals surface area contributed by atoms with Crippen LogP contribution >= 0.6 is 15.9 Å². The Morgan fingerprint density at radius 3 is 2.60 bits per heavy atom. The van der Waals surface area contributed by atoms with Crippen LogP contribution in [-0.2, 0) is 24.1 Å². The highest BCUT2D eigenvalue weighted by Crippen LogP contribution is 2.53. The van der Waals surface area contributed by atoms with Gasteiger partial charge in [0.05, 0.1) is 41.5 Å². The van der Waals surface area contributed by atoms with Gasteiger partial charge in [-0.05, 0) is 49.9 Å². The Kier molecular flexibility index (Phi) is 6.95. The van der Waals surface area contributed by atoms with Crippen molar-refractivity contribution in [3.05, 3.63) is 41.1 Å². The van der Waals surface area contributed by atoms with Crippen LogP contribution in [0.1, 0.15) is 32.1 Å². The van der Waals surface area contributed by atoms with Gasteiger partial charge in [-0.3, -0.25) is 14.7 Å². The molecule has 0 radical (unpaired) electrons. The predicted octanol–water partition coefficient (Wildman–Crippen LogP) is 3.03. The molecule has 4 aliphatic rings. The third kappa shape index (κ3) is 4.87. The maximum Gasteiger partial charge on any atom is 0.181 e. The summed E-state index contributed by atoms with van der Waals surface area (Å²) < 4.78 is 40.2. The number of fused-ring (bicyclic) bond motifs is 1. The number of methoxy groups -OCH3 is 1. The molecule has 190 valence electrons. The summed E-state index contributed by atoms with van der Waals surface area (Å²) in [6.07, 6.45) is 8.29. The molecule has 1 spiro atoms. The average Bonchev–Trinajstić information content (AvgIpc) is 3.16. The third-order valence-corrected chi connectivity index (χ3v) is 10.6. The van der Waals surface area contributed by atoms with E-state index in [9.17, 15) is 13.2 Å². The first-order valence-electron chi connectivity index (χ1n) is 12.1. The average molecular weight is 567 g/mol. The van der Waals surface area contributed by atoms with Crippen LogP contribution in [0, 0.1) is 5.92 Å². The summed E-state index contributed by atoms with van der Waals surface area (Å²) in [5, 5.41) is -0.814. The van der Waals surface area contributed by atoms with Crippen molar-refractivity contribution >= 4 is 37.8 Å². The molecule has 1 aromatic carbocycles. The minimum atomic E-state index is -3.68. The number of ether oxygens (including phenoxy) is 2. The summed E-state index contributed by atoms with van der Waals surface area (Å²) in [5.74, 6) is -0.345. The van der Waals surface area contributed by atoms with Gasteiger partial charge in [0.1, 0.15) is 11.4 Å². The van der Waals surface area contributed by atoms with Crippen molar-refractivity contribution in [1.82, 2.24) is 9.80 Å². The number of Topliss-reactive ketones (excluding diaryl/α,β-unsaturated/α-hetero) is 1. The highest BCUT2D eigenvalue weighted by atomic mass is 79.9. The molecule has 2 saturated heterocycles. The van der Waals surface area contributed by atoms with E-state index in [-0.39, 0.29) is 36.0 Å². The molecule has 3 unspecified atom stereocenters. The van der Waals surface area contributed by atoms with Gasteiger partial charge in [0.2, 0.25) is 0 Å². The van der Waals surface area contributed by atoms with E-state index >= 15 is 0 Å². The number of rotatable bonds is 6. The zero-order valence-corrected chi connectivity index (χ0v) is 22.3. The summed E-state index contributed by atoms with van der Waals surface area (Å²) in [6.45, 7) is 3.59. The van der Waals surface area contributed by atoms with Gasteiger partial charge in [-0.1, -0.05) is 15.9 Å². The molecule has 35 heavy (non-hydrogen) atoms. The molecular formula is C25H32BrN3O5S. The maximum absolute atomic E-state index is 13.5. The van der Waals surface area contributed by atoms with E-state index in [1.165, 1.54) is 0 Å². The van der Waals surface area contributed by atoms with Crippen LogP contribution in [0.15, 0.2) is 51.0 Å². The Labute approximate surface area is 215 Å². The number of benzene rings is 1. The monoisotopic (exact) mass is 565 g/mol. The third-order valence-electron chi connectivity index (χ3n) is 7.93. The summed E-state index contributed by atoms with van der Waals surface area (Å²) in [4.78, 5) is 22.4. The summed E-state index contributed by atoms with van der Waals surface area (Å²) in [6, 6.07) is 6.61. The quantitative estimate of drug-likeness (QED) is 0.523. The molecule has 0 bridgehead atoms. The SMILES string of the molecule is COCC12CC(S(=O)(=O)c3ccc(Br)cc3)CC(=O)C1CC1(CCN(CN3C=CN=CC3)CC1)O2. The second-order valence-electron chi connectivity index (χ2n) is 10.2. The summed E-state index contributed by atoms with van der Waals surface area (Å²) in [7, 11) is -2.09. The zero-order chi connectivity index (χ0) is 24.7. The van der Waals surface area contributed by atoms with E-state index in [0.29, 0.717) is 6.42 Å². The van der Waals surface area contributed by atoms with E-state index in [1.54, 1.807) is 37.6 Å². The van der Waals surface area contributed by atoms with Crippen molar-refractivity contribution < 1.29 is 22.7 Å². The zero-order valence-electron chi connectivity index (χ0n) is 19.9. The number of hydrogen-bond donors (Lipinski definition) is 0. The Morgan fingerprint density at radius 2 is 1.94 bits per heavy atom. The first-order valence-corrected chi connectivity index (χ1v) is 14.5. The van der Waals surface area contributed by atoms with Gasteiger partial charge in [0, 0.05) is 49.7 Å². The highest BCUT2D eigenvalue weighted by Gasteiger charge is 2.62. The Balaban J connectivity index is 1.32. The van der Waals surface area contributed by atoms with E-state index in [1.807, 2.05) is 12.4 Å². The van der Waals surface area contributed by atoms with Gasteiger partial charge in [0.15, 0.2) is 9.84 Å². The van der Waals surface area contributed by atoms with Gasteiger partial charge >= 0.3 is 0 Å². The first-order chi connectivity index (χ1) is 16.8. The molecule has 0 N–H and O–H groups in total. The van der Waals surface area contributed by atoms with E-state index in [2.05, 4.69) is 30.7 Å². The molecule has 3 heterocycles. The van der Waals surface area contributed by atoms with Crippen LogP contribution in [0.5, 0.6) is 0 Å². The van der Waals surface area contributed by atoms with E-state index < -0.39 is 26.3 Å². The van der Waals surface area contributed by atoms with E-state index in [4.69, 9.17) is 9.47 Å². The molecule has 3 fully saturated rings. The molecule has 1 aliphatic carbocycles. The number of carbonyl (C=O) groups excluding carboxylic acids is 1. The van der Waals surface area contributed by atoms with Crippen LogP contribution in [0.3, 0.4) is 0 Å². The second kappa shape index (κ2) is 9.70. The molecule has 8 nitrogen and oxygen atoms in total. The number of ketones is 1. The number of sulfone groups is 1. The molecule has 1 saturated carbocycles. The lowest BCUT2D eigenvalue weighted by Gasteiger charge is -2.44. The van der Waals surface area contributed by atoms with Crippen LogP contribution in [-0.4, -0.2) is 86.7 Å². The van der Waals surface area contributed by atoms with Gasteiger partial charge in [-0.15, -0.1) is 0 Å². The highest BCUT2D eigenvalue weighted by molar-refractivity contribution is 9.10. The lowest BCUT2D eigenvalue weighted by atomic mass is 9.72. The van der Waals surface area contributed by atoms with Crippen LogP contribution in [0.2, 0.25) is 0 Å². The molecule has 1 aromatic rings. The molecule has 10 heteroatoms. The van der Waals surface area contributed by atoms with Crippen molar-refractivity contribution in [2.75, 3.05) is 40.0 Å². The smallest absolute Gasteiger partial charge is 0.181 e. The molecule has 3 aliphatic heterocycles. The second-order valence-corrected chi connectivity index (χ2v) is 13.3. The van der Waals surface area contributed by atoms with Crippen molar-refractivity contribution in [2.24, 2.45) is 10.9 Å². The van der Waals surface area contributed by atoms with Crippen LogP contribution in [0.25, 0.3) is 0 Å². The predicted molar refractivity (Wildman–Crippen MR) is 136 cm³/mol. The van der Waals surface area contributed by atoms with Crippen molar-refractivity contribution in [3.63, 3.8) is 0 Å². The fourth-order valence-corrected chi connectivity index (χ4v) is 8.21. The molecule has 3 atom stereocenters. The van der Waals surface area contributed by atoms with Gasteiger partial charge in [0.25, 0.3) is 0 Å². The fourth-order valence-electron chi connectivity index (χ4n) is 6.16. The van der Waals surface area contributed by atoms with Crippen molar-refractivity contribution in [3.8, 4) is 0 Å². The van der Waals surface area contributed by atoms with Gasteiger partial charge in [-0.25, -0.2) is 8.42 Å². The number of hydrogen-bond acceptors (Lipinski definition) is 8. The van der Waals surface area contributed by atoms with Gasteiger partial charge < -0.3 is 14.4 Å². The number of piperidine rings is 1. The number of carbonyl (C=O) groups is 1. The lowest BCUT2D eigenvalue weighted by Crippen LogP contribution is -2.53. The molecular weight excluding hydrogens is 534 g/mol. The minimum absolute atomic E-state index is 0.0176. The van der Waals surface area contributed by atoms with Crippen LogP contribution in [0.4, 0.5) is 0 Å². The summed E-state index contributed by atoms with van der Waals surface area (Å²) >= 11 is 3.36. The molecule has 0 amide bonds.